The predicted octanol–water partition coefficient (Wildman–Crippen LogP) is 4.94. The molecule has 0 aliphatic heterocycles. The van der Waals surface area contributed by atoms with E-state index in [-0.39, 0.29) is 0 Å². The maximum Gasteiger partial charge on any atom is 0.101 e. The molecule has 2 fully saturated rings. The molecule has 3 aliphatic rings. The largest absolute Gasteiger partial charge is 0.498 e. The molecule has 0 saturated heterocycles. The number of rotatable bonds is 3. The van der Waals surface area contributed by atoms with Gasteiger partial charge in [0.05, 0.1) is 6.26 Å². The standard InChI is InChI=1S/C18H28O/c1-12(2)17-7-4-13(3)8-18(17)19-11-16-10-14-5-6-15(16)9-14/h5-6,11-15,17-18H,4,7-10H2,1-3H3/b16-11-/t13-,14?,15?,17+,18-/m1/s1. The molecule has 0 spiro atoms. The van der Waals surface area contributed by atoms with Crippen LogP contribution in [0.25, 0.3) is 0 Å². The summed E-state index contributed by atoms with van der Waals surface area (Å²) in [7, 11) is 0. The van der Waals surface area contributed by atoms with Crippen LogP contribution in [0.1, 0.15) is 52.9 Å². The van der Waals surface area contributed by atoms with Crippen molar-refractivity contribution in [3.8, 4) is 0 Å². The second-order valence-electron chi connectivity index (χ2n) is 7.38. The minimum Gasteiger partial charge on any atom is -0.498 e. The van der Waals surface area contributed by atoms with Crippen LogP contribution in [0, 0.1) is 29.6 Å². The highest BCUT2D eigenvalue weighted by Crippen LogP contribution is 2.43. The quantitative estimate of drug-likeness (QED) is 0.515. The summed E-state index contributed by atoms with van der Waals surface area (Å²) in [6.45, 7) is 7.08. The minimum absolute atomic E-state index is 0.458. The Morgan fingerprint density at radius 2 is 2.05 bits per heavy atom. The molecule has 0 radical (unpaired) electrons. The van der Waals surface area contributed by atoms with E-state index >= 15 is 0 Å². The Kier molecular flexibility index (Phi) is 3.73. The fourth-order valence-electron chi connectivity index (χ4n) is 4.24. The third-order valence-corrected chi connectivity index (χ3v) is 5.50. The van der Waals surface area contributed by atoms with Crippen molar-refractivity contribution >= 4 is 0 Å². The third kappa shape index (κ3) is 2.75. The molecule has 0 aromatic rings. The molecule has 5 atom stereocenters. The first-order valence-electron chi connectivity index (χ1n) is 8.16. The van der Waals surface area contributed by atoms with E-state index < -0.39 is 0 Å². The maximum atomic E-state index is 6.27. The first-order valence-corrected chi connectivity index (χ1v) is 8.16. The summed E-state index contributed by atoms with van der Waals surface area (Å²) in [4.78, 5) is 0. The van der Waals surface area contributed by atoms with Gasteiger partial charge in [0.25, 0.3) is 0 Å². The van der Waals surface area contributed by atoms with Crippen LogP contribution in [0.3, 0.4) is 0 Å². The van der Waals surface area contributed by atoms with Gasteiger partial charge in [-0.15, -0.1) is 0 Å². The van der Waals surface area contributed by atoms with E-state index in [1.807, 2.05) is 0 Å². The van der Waals surface area contributed by atoms with Gasteiger partial charge in [0, 0.05) is 5.92 Å². The number of hydrogen-bond acceptors (Lipinski definition) is 1. The molecule has 0 amide bonds. The fraction of sp³-hybridized carbons (Fsp3) is 0.778. The van der Waals surface area contributed by atoms with Crippen LogP contribution < -0.4 is 0 Å². The van der Waals surface area contributed by atoms with Crippen LogP contribution in [0.2, 0.25) is 0 Å². The monoisotopic (exact) mass is 260 g/mol. The van der Waals surface area contributed by atoms with Gasteiger partial charge >= 0.3 is 0 Å². The highest BCUT2D eigenvalue weighted by atomic mass is 16.5. The molecule has 0 heterocycles. The molecule has 1 nitrogen and oxygen atoms in total. The molecule has 0 aromatic carbocycles. The second-order valence-corrected chi connectivity index (χ2v) is 7.38. The van der Waals surface area contributed by atoms with E-state index in [1.54, 1.807) is 5.57 Å². The van der Waals surface area contributed by atoms with Gasteiger partial charge in [0.2, 0.25) is 0 Å². The first-order chi connectivity index (χ1) is 9.13. The molecule has 3 rings (SSSR count). The molecule has 19 heavy (non-hydrogen) atoms. The molecule has 2 unspecified atom stereocenters. The Hall–Kier alpha value is -0.720. The Morgan fingerprint density at radius 3 is 2.68 bits per heavy atom. The molecule has 3 aliphatic carbocycles. The normalized spacial score (nSPS) is 43.4. The third-order valence-electron chi connectivity index (χ3n) is 5.50. The summed E-state index contributed by atoms with van der Waals surface area (Å²) >= 11 is 0. The van der Waals surface area contributed by atoms with Crippen molar-refractivity contribution in [2.45, 2.75) is 59.0 Å². The number of hydrogen-bond donors (Lipinski definition) is 0. The van der Waals surface area contributed by atoms with Crippen molar-refractivity contribution < 1.29 is 4.74 Å². The molecule has 106 valence electrons. The number of fused-ring (bicyclic) bond motifs is 2. The van der Waals surface area contributed by atoms with Gasteiger partial charge in [0.1, 0.15) is 6.10 Å². The number of allylic oxidation sites excluding steroid dienone is 3. The highest BCUT2D eigenvalue weighted by Gasteiger charge is 2.34. The van der Waals surface area contributed by atoms with Crippen molar-refractivity contribution in [3.63, 3.8) is 0 Å². The lowest BCUT2D eigenvalue weighted by Gasteiger charge is -2.36. The van der Waals surface area contributed by atoms with Gasteiger partial charge in [-0.3, -0.25) is 0 Å². The average Bonchev–Trinajstić information content (AvgIpc) is 2.98. The van der Waals surface area contributed by atoms with Gasteiger partial charge in [0.15, 0.2) is 0 Å². The Labute approximate surface area is 118 Å². The lowest BCUT2D eigenvalue weighted by Crippen LogP contribution is -2.33. The van der Waals surface area contributed by atoms with Gasteiger partial charge in [-0.05, 0) is 54.9 Å². The smallest absolute Gasteiger partial charge is 0.101 e. The van der Waals surface area contributed by atoms with Crippen LogP contribution in [-0.2, 0) is 4.74 Å². The predicted molar refractivity (Wildman–Crippen MR) is 79.7 cm³/mol. The maximum absolute atomic E-state index is 6.27. The molecule has 0 N–H and O–H groups in total. The Bertz CT molecular complexity index is 379. The van der Waals surface area contributed by atoms with Crippen molar-refractivity contribution in [1.82, 2.24) is 0 Å². The van der Waals surface area contributed by atoms with Crippen molar-refractivity contribution in [2.24, 2.45) is 29.6 Å². The van der Waals surface area contributed by atoms with Gasteiger partial charge in [-0.25, -0.2) is 0 Å². The van der Waals surface area contributed by atoms with Crippen LogP contribution in [0.15, 0.2) is 24.0 Å². The highest BCUT2D eigenvalue weighted by molar-refractivity contribution is 5.25. The second kappa shape index (κ2) is 5.34. The molecule has 0 aromatic heterocycles. The van der Waals surface area contributed by atoms with E-state index in [2.05, 4.69) is 39.2 Å². The van der Waals surface area contributed by atoms with Crippen molar-refractivity contribution in [2.75, 3.05) is 0 Å². The number of ether oxygens (including phenoxy) is 1. The Morgan fingerprint density at radius 1 is 1.21 bits per heavy atom. The minimum atomic E-state index is 0.458. The van der Waals surface area contributed by atoms with Crippen LogP contribution in [0.4, 0.5) is 0 Å². The summed E-state index contributed by atoms with van der Waals surface area (Å²) in [5, 5.41) is 0. The molecular formula is C18H28O. The van der Waals surface area contributed by atoms with E-state index in [4.69, 9.17) is 4.74 Å². The molecular weight excluding hydrogens is 232 g/mol. The summed E-state index contributed by atoms with van der Waals surface area (Å²) in [5.41, 5.74) is 1.55. The lowest BCUT2D eigenvalue weighted by molar-refractivity contribution is 0.0122. The fourth-order valence-corrected chi connectivity index (χ4v) is 4.24. The summed E-state index contributed by atoms with van der Waals surface area (Å²) in [6.07, 6.45) is 13.9. The lowest BCUT2D eigenvalue weighted by atomic mass is 9.75. The van der Waals surface area contributed by atoms with E-state index in [1.165, 1.54) is 32.1 Å². The topological polar surface area (TPSA) is 9.23 Å². The zero-order chi connectivity index (χ0) is 13.4. The summed E-state index contributed by atoms with van der Waals surface area (Å²) in [6, 6.07) is 0. The van der Waals surface area contributed by atoms with Crippen molar-refractivity contribution in [3.05, 3.63) is 24.0 Å². The molecule has 2 bridgehead atoms. The van der Waals surface area contributed by atoms with Gasteiger partial charge in [-0.1, -0.05) is 39.3 Å². The van der Waals surface area contributed by atoms with E-state index in [0.717, 1.165) is 23.7 Å². The summed E-state index contributed by atoms with van der Waals surface area (Å²) in [5.74, 6) is 3.84. The SMILES string of the molecule is CC(C)[C@@H]1CC[C@@H](C)C[C@H]1O/C=C1/CC2C=CC1C2. The Balaban J connectivity index is 1.63. The van der Waals surface area contributed by atoms with Gasteiger partial charge < -0.3 is 4.74 Å². The van der Waals surface area contributed by atoms with Crippen LogP contribution >= 0.6 is 0 Å². The zero-order valence-electron chi connectivity index (χ0n) is 12.6. The van der Waals surface area contributed by atoms with E-state index in [9.17, 15) is 0 Å². The van der Waals surface area contributed by atoms with Crippen LogP contribution in [-0.4, -0.2) is 6.10 Å². The average molecular weight is 260 g/mol. The zero-order valence-corrected chi connectivity index (χ0v) is 12.6. The summed E-state index contributed by atoms with van der Waals surface area (Å²) < 4.78 is 6.27. The first kappa shape index (κ1) is 13.3. The van der Waals surface area contributed by atoms with Crippen molar-refractivity contribution in [1.29, 1.82) is 0 Å². The molecule has 2 saturated carbocycles. The molecule has 1 heteroatoms. The van der Waals surface area contributed by atoms with Gasteiger partial charge in [-0.2, -0.15) is 0 Å². The van der Waals surface area contributed by atoms with E-state index in [0.29, 0.717) is 12.0 Å². The van der Waals surface area contributed by atoms with Crippen LogP contribution in [0.5, 0.6) is 0 Å².